The fourth-order valence-corrected chi connectivity index (χ4v) is 1.26. The molecule has 0 aliphatic carbocycles. The van der Waals surface area contributed by atoms with Gasteiger partial charge in [-0.15, -0.1) is 5.11 Å². The minimum atomic E-state index is 0.816. The monoisotopic (exact) mass is 185 g/mol. The standard InChI is InChI=1S/C11H11N3/c1-2-5-10(6-3-1)9-11-7-4-8-12-14-13-11/h1-8H,9H2,(H,12,13). The molecular weight excluding hydrogens is 174 g/mol. The third kappa shape index (κ3) is 2.29. The molecule has 0 aromatic heterocycles. The maximum absolute atomic E-state index is 4.03. The first kappa shape index (κ1) is 8.69. The molecule has 0 bridgehead atoms. The van der Waals surface area contributed by atoms with E-state index < -0.39 is 0 Å². The van der Waals surface area contributed by atoms with Crippen molar-refractivity contribution in [1.82, 2.24) is 5.43 Å². The Morgan fingerprint density at radius 3 is 2.86 bits per heavy atom. The van der Waals surface area contributed by atoms with Crippen LogP contribution in [0.25, 0.3) is 0 Å². The number of rotatable bonds is 2. The Kier molecular flexibility index (Phi) is 2.71. The number of benzene rings is 1. The Hall–Kier alpha value is -1.90. The summed E-state index contributed by atoms with van der Waals surface area (Å²) in [6.07, 6.45) is 6.42. The molecule has 0 spiro atoms. The molecule has 1 N–H and O–H groups in total. The van der Waals surface area contributed by atoms with Gasteiger partial charge in [-0.25, -0.2) is 0 Å². The van der Waals surface area contributed by atoms with Crippen molar-refractivity contribution in [3.63, 3.8) is 0 Å². The normalized spacial score (nSPS) is 14.4. The lowest BCUT2D eigenvalue weighted by Crippen LogP contribution is -1.89. The average Bonchev–Trinajstić information content (AvgIpc) is 2.48. The Morgan fingerprint density at radius 2 is 2.00 bits per heavy atom. The third-order valence-corrected chi connectivity index (χ3v) is 1.92. The van der Waals surface area contributed by atoms with E-state index in [1.54, 1.807) is 6.20 Å². The Bertz CT molecular complexity index is 377. The van der Waals surface area contributed by atoms with Crippen LogP contribution in [-0.4, -0.2) is 0 Å². The van der Waals surface area contributed by atoms with Crippen LogP contribution in [0.2, 0.25) is 0 Å². The van der Waals surface area contributed by atoms with Crippen LogP contribution in [-0.2, 0) is 6.42 Å². The van der Waals surface area contributed by atoms with Crippen molar-refractivity contribution >= 4 is 0 Å². The van der Waals surface area contributed by atoms with Gasteiger partial charge >= 0.3 is 0 Å². The first-order valence-electron chi connectivity index (χ1n) is 4.51. The maximum atomic E-state index is 4.03. The lowest BCUT2D eigenvalue weighted by molar-refractivity contribution is 0.847. The molecule has 0 fully saturated rings. The van der Waals surface area contributed by atoms with Crippen LogP contribution in [0, 0.1) is 0 Å². The van der Waals surface area contributed by atoms with Gasteiger partial charge in [0, 0.05) is 12.6 Å². The van der Waals surface area contributed by atoms with Crippen molar-refractivity contribution in [3.8, 4) is 0 Å². The predicted octanol–water partition coefficient (Wildman–Crippen LogP) is 2.60. The second kappa shape index (κ2) is 4.37. The van der Waals surface area contributed by atoms with Gasteiger partial charge in [-0.1, -0.05) is 35.6 Å². The maximum Gasteiger partial charge on any atom is 0.0692 e. The van der Waals surface area contributed by atoms with Crippen molar-refractivity contribution in [2.45, 2.75) is 6.42 Å². The molecule has 1 aliphatic heterocycles. The summed E-state index contributed by atoms with van der Waals surface area (Å²) in [5.74, 6) is 0. The zero-order valence-electron chi connectivity index (χ0n) is 7.72. The fourth-order valence-electron chi connectivity index (χ4n) is 1.26. The van der Waals surface area contributed by atoms with Crippen LogP contribution in [0.5, 0.6) is 0 Å². The highest BCUT2D eigenvalue weighted by atomic mass is 15.4. The van der Waals surface area contributed by atoms with E-state index >= 15 is 0 Å². The molecule has 1 aromatic rings. The van der Waals surface area contributed by atoms with Crippen molar-refractivity contribution in [3.05, 3.63) is 59.9 Å². The van der Waals surface area contributed by atoms with Crippen molar-refractivity contribution in [1.29, 1.82) is 0 Å². The number of nitrogens with zero attached hydrogens (tertiary/aromatic N) is 2. The van der Waals surface area contributed by atoms with Gasteiger partial charge in [0.05, 0.1) is 5.70 Å². The highest BCUT2D eigenvalue weighted by Crippen LogP contribution is 2.10. The van der Waals surface area contributed by atoms with E-state index in [4.69, 9.17) is 0 Å². The van der Waals surface area contributed by atoms with E-state index in [-0.39, 0.29) is 0 Å². The van der Waals surface area contributed by atoms with E-state index in [9.17, 15) is 0 Å². The topological polar surface area (TPSA) is 36.8 Å². The SMILES string of the molecule is C1=CNN=NC(Cc2ccccc2)=C1. The van der Waals surface area contributed by atoms with E-state index in [2.05, 4.69) is 27.9 Å². The minimum absolute atomic E-state index is 0.816. The summed E-state index contributed by atoms with van der Waals surface area (Å²) in [5, 5.41) is 7.80. The summed E-state index contributed by atoms with van der Waals surface area (Å²) in [6, 6.07) is 10.2. The first-order chi connectivity index (χ1) is 6.95. The lowest BCUT2D eigenvalue weighted by atomic mass is 10.1. The first-order valence-corrected chi connectivity index (χ1v) is 4.51. The molecule has 0 radical (unpaired) electrons. The minimum Gasteiger partial charge on any atom is -0.267 e. The quantitative estimate of drug-likeness (QED) is 0.755. The molecule has 0 unspecified atom stereocenters. The highest BCUT2D eigenvalue weighted by molar-refractivity contribution is 5.23. The number of allylic oxidation sites excluding steroid dienone is 3. The van der Waals surface area contributed by atoms with Crippen LogP contribution < -0.4 is 5.43 Å². The number of hydrogen-bond acceptors (Lipinski definition) is 3. The summed E-state index contributed by atoms with van der Waals surface area (Å²) in [5.41, 5.74) is 4.89. The van der Waals surface area contributed by atoms with E-state index in [0.717, 1.165) is 12.1 Å². The highest BCUT2D eigenvalue weighted by Gasteiger charge is 1.97. The molecule has 1 aliphatic rings. The Labute approximate surface area is 82.8 Å². The number of hydrogen-bond donors (Lipinski definition) is 1. The molecule has 3 heteroatoms. The van der Waals surface area contributed by atoms with Gasteiger partial charge in [0.2, 0.25) is 0 Å². The molecule has 0 saturated heterocycles. The molecule has 70 valence electrons. The van der Waals surface area contributed by atoms with Gasteiger partial charge in [0.1, 0.15) is 0 Å². The fraction of sp³-hybridized carbons (Fsp3) is 0.0909. The molecule has 2 rings (SSSR count). The van der Waals surface area contributed by atoms with Gasteiger partial charge in [-0.3, -0.25) is 5.43 Å². The van der Waals surface area contributed by atoms with Gasteiger partial charge in [-0.05, 0) is 17.7 Å². The van der Waals surface area contributed by atoms with Gasteiger partial charge in [0.15, 0.2) is 0 Å². The van der Waals surface area contributed by atoms with Gasteiger partial charge in [0.25, 0.3) is 0 Å². The summed E-state index contributed by atoms with van der Waals surface area (Å²) in [4.78, 5) is 0. The summed E-state index contributed by atoms with van der Waals surface area (Å²) < 4.78 is 0. The second-order valence-corrected chi connectivity index (χ2v) is 3.01. The third-order valence-electron chi connectivity index (χ3n) is 1.92. The van der Waals surface area contributed by atoms with Crippen LogP contribution in [0.15, 0.2) is 64.7 Å². The molecular formula is C11H11N3. The zero-order chi connectivity index (χ0) is 9.64. The lowest BCUT2D eigenvalue weighted by Gasteiger charge is -1.98. The van der Waals surface area contributed by atoms with Gasteiger partial charge < -0.3 is 0 Å². The zero-order valence-corrected chi connectivity index (χ0v) is 7.72. The molecule has 14 heavy (non-hydrogen) atoms. The van der Waals surface area contributed by atoms with E-state index in [0.29, 0.717) is 0 Å². The second-order valence-electron chi connectivity index (χ2n) is 3.01. The van der Waals surface area contributed by atoms with Crippen molar-refractivity contribution in [2.75, 3.05) is 0 Å². The van der Waals surface area contributed by atoms with Crippen LogP contribution in [0.4, 0.5) is 0 Å². The summed E-state index contributed by atoms with van der Waals surface area (Å²) in [6.45, 7) is 0. The van der Waals surface area contributed by atoms with Gasteiger partial charge in [-0.2, -0.15) is 0 Å². The Morgan fingerprint density at radius 1 is 1.14 bits per heavy atom. The van der Waals surface area contributed by atoms with Crippen LogP contribution in [0.1, 0.15) is 5.56 Å². The van der Waals surface area contributed by atoms with Crippen LogP contribution in [0.3, 0.4) is 0 Å². The molecule has 1 aromatic carbocycles. The molecule has 1 heterocycles. The smallest absolute Gasteiger partial charge is 0.0692 e. The predicted molar refractivity (Wildman–Crippen MR) is 55.4 cm³/mol. The summed E-state index contributed by atoms with van der Waals surface area (Å²) in [7, 11) is 0. The molecule has 0 atom stereocenters. The Balaban J connectivity index is 2.11. The number of nitrogens with one attached hydrogen (secondary N) is 1. The van der Waals surface area contributed by atoms with E-state index in [1.165, 1.54) is 5.56 Å². The van der Waals surface area contributed by atoms with Crippen LogP contribution >= 0.6 is 0 Å². The largest absolute Gasteiger partial charge is 0.267 e. The van der Waals surface area contributed by atoms with Crippen molar-refractivity contribution < 1.29 is 0 Å². The van der Waals surface area contributed by atoms with Crippen molar-refractivity contribution in [2.24, 2.45) is 10.3 Å². The molecule has 0 saturated carbocycles. The molecule has 0 amide bonds. The van der Waals surface area contributed by atoms with E-state index in [1.807, 2.05) is 30.4 Å². The molecule has 3 nitrogen and oxygen atoms in total. The summed E-state index contributed by atoms with van der Waals surface area (Å²) >= 11 is 0. The average molecular weight is 185 g/mol.